The van der Waals surface area contributed by atoms with Crippen LogP contribution >= 0.6 is 0 Å². The predicted octanol–water partition coefficient (Wildman–Crippen LogP) is 0.338. The van der Waals surface area contributed by atoms with Gasteiger partial charge in [0.15, 0.2) is 0 Å². The lowest BCUT2D eigenvalue weighted by molar-refractivity contribution is -0.120. The third kappa shape index (κ3) is 3.30. The van der Waals surface area contributed by atoms with Crippen LogP contribution in [0.2, 0.25) is 0 Å². The predicted molar refractivity (Wildman–Crippen MR) is 68.3 cm³/mol. The van der Waals surface area contributed by atoms with Gasteiger partial charge in [-0.3, -0.25) is 4.79 Å². The van der Waals surface area contributed by atoms with E-state index in [2.05, 4.69) is 5.32 Å². The number of carbonyl (C=O) groups excluding carboxylic acids is 1. The number of carbonyl (C=O) groups is 1. The molecule has 1 aliphatic heterocycles. The third-order valence-electron chi connectivity index (χ3n) is 2.81. The van der Waals surface area contributed by atoms with Gasteiger partial charge in [-0.1, -0.05) is 30.3 Å². The smallest absolute Gasteiger partial charge is 0.235 e. The van der Waals surface area contributed by atoms with Crippen LogP contribution in [0.25, 0.3) is 0 Å². The first-order valence-electron chi connectivity index (χ1n) is 5.86. The van der Waals surface area contributed by atoms with Crippen molar-refractivity contribution in [2.45, 2.75) is 12.2 Å². The lowest BCUT2D eigenvalue weighted by Crippen LogP contribution is -2.38. The zero-order valence-corrected chi connectivity index (χ0v) is 10.8. The summed E-state index contributed by atoms with van der Waals surface area (Å²) in [6.45, 7) is 0.860. The molecule has 1 fully saturated rings. The molecule has 0 unspecified atom stereocenters. The Bertz CT molecular complexity index is 513. The van der Waals surface area contributed by atoms with Crippen LogP contribution < -0.4 is 5.32 Å². The summed E-state index contributed by atoms with van der Waals surface area (Å²) in [6.07, 6.45) is 0.653. The van der Waals surface area contributed by atoms with Gasteiger partial charge in [0.1, 0.15) is 0 Å². The molecular weight excluding hydrogens is 252 g/mol. The maximum absolute atomic E-state index is 12.2. The van der Waals surface area contributed by atoms with Crippen LogP contribution in [0.5, 0.6) is 0 Å². The van der Waals surface area contributed by atoms with E-state index in [1.165, 1.54) is 4.31 Å². The van der Waals surface area contributed by atoms with E-state index < -0.39 is 10.0 Å². The van der Waals surface area contributed by atoms with Gasteiger partial charge in [0.2, 0.25) is 15.9 Å². The Kier molecular flexibility index (Phi) is 3.98. The van der Waals surface area contributed by atoms with Crippen LogP contribution in [0.4, 0.5) is 0 Å². The minimum absolute atomic E-state index is 0.0544. The van der Waals surface area contributed by atoms with Gasteiger partial charge < -0.3 is 5.32 Å². The van der Waals surface area contributed by atoms with Crippen molar-refractivity contribution in [1.82, 2.24) is 9.62 Å². The Morgan fingerprint density at radius 1 is 1.22 bits per heavy atom. The molecule has 0 aliphatic carbocycles. The second-order valence-electron chi connectivity index (χ2n) is 4.28. The molecule has 1 aromatic rings. The number of hydrogen-bond donors (Lipinski definition) is 1. The van der Waals surface area contributed by atoms with Crippen molar-refractivity contribution in [3.05, 3.63) is 35.9 Å². The highest BCUT2D eigenvalue weighted by Gasteiger charge is 2.26. The number of benzene rings is 1. The third-order valence-corrected chi connectivity index (χ3v) is 4.61. The average Bonchev–Trinajstić information content (AvgIpc) is 2.55. The summed E-state index contributed by atoms with van der Waals surface area (Å²) in [5.74, 6) is -0.287. The van der Waals surface area contributed by atoms with Crippen molar-refractivity contribution < 1.29 is 13.2 Å². The summed E-state index contributed by atoms with van der Waals surface area (Å²) < 4.78 is 25.7. The Balaban J connectivity index is 2.12. The molecule has 0 spiro atoms. The van der Waals surface area contributed by atoms with Crippen LogP contribution in [-0.2, 0) is 20.6 Å². The van der Waals surface area contributed by atoms with Crippen molar-refractivity contribution >= 4 is 15.9 Å². The first kappa shape index (κ1) is 13.0. The highest BCUT2D eigenvalue weighted by molar-refractivity contribution is 7.88. The van der Waals surface area contributed by atoms with E-state index in [1.54, 1.807) is 24.3 Å². The highest BCUT2D eigenvalue weighted by atomic mass is 32.2. The molecule has 98 valence electrons. The number of sulfonamides is 1. The SMILES string of the molecule is O=C1CN(S(=O)(=O)Cc2ccccc2)CCCN1. The van der Waals surface area contributed by atoms with E-state index in [0.29, 0.717) is 19.5 Å². The minimum Gasteiger partial charge on any atom is -0.355 e. The lowest BCUT2D eigenvalue weighted by Gasteiger charge is -2.18. The molecule has 1 amide bonds. The Morgan fingerprint density at radius 3 is 2.67 bits per heavy atom. The molecule has 1 heterocycles. The normalized spacial score (nSPS) is 18.1. The molecule has 0 saturated carbocycles. The topological polar surface area (TPSA) is 66.5 Å². The van der Waals surface area contributed by atoms with E-state index in [4.69, 9.17) is 0 Å². The maximum Gasteiger partial charge on any atom is 0.235 e. The summed E-state index contributed by atoms with van der Waals surface area (Å²) in [4.78, 5) is 11.4. The summed E-state index contributed by atoms with van der Waals surface area (Å²) in [5, 5.41) is 2.67. The van der Waals surface area contributed by atoms with Crippen LogP contribution in [0.15, 0.2) is 30.3 Å². The molecule has 1 aromatic carbocycles. The zero-order chi connectivity index (χ0) is 13.0. The van der Waals surface area contributed by atoms with Crippen LogP contribution in [0.3, 0.4) is 0 Å². The Hall–Kier alpha value is -1.40. The molecule has 2 rings (SSSR count). The fourth-order valence-corrected chi connectivity index (χ4v) is 3.41. The highest BCUT2D eigenvalue weighted by Crippen LogP contribution is 2.12. The first-order chi connectivity index (χ1) is 8.58. The second kappa shape index (κ2) is 5.49. The molecule has 1 saturated heterocycles. The molecule has 0 bridgehead atoms. The average molecular weight is 268 g/mol. The molecule has 0 aromatic heterocycles. The number of nitrogens with zero attached hydrogens (tertiary/aromatic N) is 1. The molecule has 1 N–H and O–H groups in total. The van der Waals surface area contributed by atoms with Gasteiger partial charge in [0.05, 0.1) is 12.3 Å². The number of rotatable bonds is 3. The summed E-state index contributed by atoms with van der Waals surface area (Å²) in [5.41, 5.74) is 0.738. The molecule has 0 atom stereocenters. The fraction of sp³-hybridized carbons (Fsp3) is 0.417. The Morgan fingerprint density at radius 2 is 1.94 bits per heavy atom. The zero-order valence-electron chi connectivity index (χ0n) is 10.0. The van der Waals surface area contributed by atoms with E-state index in [1.807, 2.05) is 6.07 Å². The van der Waals surface area contributed by atoms with Crippen LogP contribution in [0.1, 0.15) is 12.0 Å². The van der Waals surface area contributed by atoms with Crippen molar-refractivity contribution in [3.8, 4) is 0 Å². The van der Waals surface area contributed by atoms with Gasteiger partial charge in [-0.2, -0.15) is 4.31 Å². The monoisotopic (exact) mass is 268 g/mol. The second-order valence-corrected chi connectivity index (χ2v) is 6.25. The van der Waals surface area contributed by atoms with E-state index in [0.717, 1.165) is 5.56 Å². The molecule has 18 heavy (non-hydrogen) atoms. The lowest BCUT2D eigenvalue weighted by atomic mass is 10.2. The maximum atomic E-state index is 12.2. The Labute approximate surface area is 107 Å². The fourth-order valence-electron chi connectivity index (χ4n) is 1.89. The minimum atomic E-state index is -3.42. The van der Waals surface area contributed by atoms with Crippen molar-refractivity contribution in [1.29, 1.82) is 0 Å². The number of nitrogens with one attached hydrogen (secondary N) is 1. The standard InChI is InChI=1S/C12H16N2O3S/c15-12-9-14(8-4-7-13-12)18(16,17)10-11-5-2-1-3-6-11/h1-3,5-6H,4,7-10H2,(H,13,15). The largest absolute Gasteiger partial charge is 0.355 e. The van der Waals surface area contributed by atoms with Gasteiger partial charge in [-0.25, -0.2) is 8.42 Å². The quantitative estimate of drug-likeness (QED) is 0.859. The molecule has 0 radical (unpaired) electrons. The van der Waals surface area contributed by atoms with Gasteiger partial charge >= 0.3 is 0 Å². The van der Waals surface area contributed by atoms with Gasteiger partial charge in [0, 0.05) is 13.1 Å². The van der Waals surface area contributed by atoms with E-state index in [-0.39, 0.29) is 18.2 Å². The molecule has 5 nitrogen and oxygen atoms in total. The van der Waals surface area contributed by atoms with Crippen LogP contribution in [0, 0.1) is 0 Å². The van der Waals surface area contributed by atoms with Gasteiger partial charge in [0.25, 0.3) is 0 Å². The molecule has 1 aliphatic rings. The van der Waals surface area contributed by atoms with Crippen molar-refractivity contribution in [3.63, 3.8) is 0 Å². The number of hydrogen-bond acceptors (Lipinski definition) is 3. The van der Waals surface area contributed by atoms with Crippen LogP contribution in [-0.4, -0.2) is 38.3 Å². The summed E-state index contributed by atoms with van der Waals surface area (Å²) >= 11 is 0. The summed E-state index contributed by atoms with van der Waals surface area (Å²) in [7, 11) is -3.42. The van der Waals surface area contributed by atoms with Gasteiger partial charge in [-0.05, 0) is 12.0 Å². The van der Waals surface area contributed by atoms with E-state index >= 15 is 0 Å². The van der Waals surface area contributed by atoms with Gasteiger partial charge in [-0.15, -0.1) is 0 Å². The molecular formula is C12H16N2O3S. The summed E-state index contributed by atoms with van der Waals surface area (Å²) in [6, 6.07) is 9.00. The molecule has 6 heteroatoms. The number of amides is 1. The first-order valence-corrected chi connectivity index (χ1v) is 7.47. The van der Waals surface area contributed by atoms with Crippen molar-refractivity contribution in [2.24, 2.45) is 0 Å². The van der Waals surface area contributed by atoms with Crippen molar-refractivity contribution in [2.75, 3.05) is 19.6 Å². The van der Waals surface area contributed by atoms with E-state index in [9.17, 15) is 13.2 Å².